The molecule has 10 heteroatoms. The molecule has 5 nitrogen and oxygen atoms in total. The molecule has 130 valence electrons. The van der Waals surface area contributed by atoms with Crippen molar-refractivity contribution in [2.24, 2.45) is 5.92 Å². The molecule has 0 bridgehead atoms. The molecule has 1 aliphatic carbocycles. The van der Waals surface area contributed by atoms with E-state index in [1.165, 1.54) is 12.1 Å². The molecule has 0 spiro atoms. The Kier molecular flexibility index (Phi) is 5.37. The van der Waals surface area contributed by atoms with E-state index >= 15 is 0 Å². The summed E-state index contributed by atoms with van der Waals surface area (Å²) in [6.07, 6.45) is -4.19. The zero-order valence-electron chi connectivity index (χ0n) is 12.0. The molecular formula is C13H16F3NO4S2. The summed E-state index contributed by atoms with van der Waals surface area (Å²) in [6.45, 7) is 0. The van der Waals surface area contributed by atoms with Crippen LogP contribution in [0.25, 0.3) is 0 Å². The summed E-state index contributed by atoms with van der Waals surface area (Å²) in [6, 6.07) is 1.91. The fourth-order valence-corrected chi connectivity index (χ4v) is 5.27. The van der Waals surface area contributed by atoms with Gasteiger partial charge in [0.1, 0.15) is 4.21 Å². The minimum absolute atomic E-state index is 0.0174. The van der Waals surface area contributed by atoms with Crippen molar-refractivity contribution in [1.29, 1.82) is 0 Å². The van der Waals surface area contributed by atoms with Crippen molar-refractivity contribution in [2.45, 2.75) is 48.5 Å². The molecule has 1 aliphatic rings. The number of alkyl halides is 3. The predicted molar refractivity (Wildman–Crippen MR) is 77.8 cm³/mol. The first-order valence-electron chi connectivity index (χ1n) is 6.97. The van der Waals surface area contributed by atoms with E-state index in [9.17, 15) is 26.4 Å². The fraction of sp³-hybridized carbons (Fsp3) is 0.615. The van der Waals surface area contributed by atoms with Crippen LogP contribution in [-0.4, -0.2) is 31.7 Å². The first-order valence-corrected chi connectivity index (χ1v) is 9.27. The Balaban J connectivity index is 2.06. The fourth-order valence-electron chi connectivity index (χ4n) is 2.62. The molecule has 1 fully saturated rings. The first-order chi connectivity index (χ1) is 10.6. The molecule has 2 unspecified atom stereocenters. The van der Waals surface area contributed by atoms with E-state index in [2.05, 4.69) is 4.72 Å². The predicted octanol–water partition coefficient (Wildman–Crippen LogP) is 2.77. The second-order valence-electron chi connectivity index (χ2n) is 5.51. The number of rotatable bonds is 5. The summed E-state index contributed by atoms with van der Waals surface area (Å²) in [7, 11) is -3.94. The van der Waals surface area contributed by atoms with Gasteiger partial charge in [-0.05, 0) is 31.4 Å². The van der Waals surface area contributed by atoms with E-state index < -0.39 is 34.1 Å². The van der Waals surface area contributed by atoms with Crippen molar-refractivity contribution in [3.8, 4) is 0 Å². The van der Waals surface area contributed by atoms with E-state index in [-0.39, 0.29) is 23.5 Å². The van der Waals surface area contributed by atoms with Crippen molar-refractivity contribution in [2.75, 3.05) is 0 Å². The molecule has 1 heterocycles. The van der Waals surface area contributed by atoms with Crippen molar-refractivity contribution in [3.63, 3.8) is 0 Å². The lowest BCUT2D eigenvalue weighted by molar-refractivity contribution is -0.183. The third-order valence-electron chi connectivity index (χ3n) is 3.69. The number of halogens is 3. The molecule has 1 aromatic heterocycles. The number of hydrogen-bond donors (Lipinski definition) is 2. The number of thiophene rings is 1. The second kappa shape index (κ2) is 6.78. The summed E-state index contributed by atoms with van der Waals surface area (Å²) in [5.74, 6) is -2.57. The highest BCUT2D eigenvalue weighted by atomic mass is 32.2. The number of hydrogen-bond acceptors (Lipinski definition) is 4. The Morgan fingerprint density at radius 3 is 2.65 bits per heavy atom. The molecule has 2 N–H and O–H groups in total. The molecule has 0 amide bonds. The monoisotopic (exact) mass is 371 g/mol. The van der Waals surface area contributed by atoms with Crippen LogP contribution in [0.3, 0.4) is 0 Å². The van der Waals surface area contributed by atoms with Crippen LogP contribution in [-0.2, 0) is 21.2 Å². The topological polar surface area (TPSA) is 83.5 Å². The maximum Gasteiger partial charge on any atom is 0.391 e. The highest BCUT2D eigenvalue weighted by molar-refractivity contribution is 7.91. The molecule has 2 atom stereocenters. The lowest BCUT2D eigenvalue weighted by Gasteiger charge is -2.30. The number of sulfonamides is 1. The van der Waals surface area contributed by atoms with Crippen molar-refractivity contribution in [3.05, 3.63) is 17.0 Å². The number of carboxylic acid groups (broad SMARTS) is 1. The summed E-state index contributed by atoms with van der Waals surface area (Å²) in [4.78, 5) is 11.0. The molecule has 0 radical (unpaired) electrons. The lowest BCUT2D eigenvalue weighted by atomic mass is 9.86. The summed E-state index contributed by atoms with van der Waals surface area (Å²) >= 11 is 0.810. The molecule has 0 aromatic carbocycles. The van der Waals surface area contributed by atoms with Crippen LogP contribution in [0.4, 0.5) is 13.2 Å². The van der Waals surface area contributed by atoms with Crippen LogP contribution in [0.15, 0.2) is 16.3 Å². The number of carbonyl (C=O) groups is 1. The quantitative estimate of drug-likeness (QED) is 0.834. The van der Waals surface area contributed by atoms with Gasteiger partial charge in [0.2, 0.25) is 10.0 Å². The number of carboxylic acids is 1. The van der Waals surface area contributed by atoms with Gasteiger partial charge in [-0.15, -0.1) is 11.3 Å². The minimum atomic E-state index is -4.32. The molecule has 2 rings (SSSR count). The van der Waals surface area contributed by atoms with Crippen LogP contribution in [0, 0.1) is 5.92 Å². The minimum Gasteiger partial charge on any atom is -0.481 e. The van der Waals surface area contributed by atoms with Gasteiger partial charge in [-0.2, -0.15) is 13.2 Å². The van der Waals surface area contributed by atoms with Gasteiger partial charge < -0.3 is 5.11 Å². The molecule has 23 heavy (non-hydrogen) atoms. The summed E-state index contributed by atoms with van der Waals surface area (Å²) in [5.41, 5.74) is 0. The van der Waals surface area contributed by atoms with Crippen LogP contribution < -0.4 is 4.72 Å². The highest BCUT2D eigenvalue weighted by Crippen LogP contribution is 2.38. The molecule has 1 saturated carbocycles. The van der Waals surface area contributed by atoms with Crippen molar-refractivity contribution in [1.82, 2.24) is 4.72 Å². The smallest absolute Gasteiger partial charge is 0.391 e. The van der Waals surface area contributed by atoms with Crippen LogP contribution in [0.5, 0.6) is 0 Å². The zero-order chi connectivity index (χ0) is 17.3. The van der Waals surface area contributed by atoms with Gasteiger partial charge in [-0.1, -0.05) is 6.42 Å². The zero-order valence-corrected chi connectivity index (χ0v) is 13.6. The lowest BCUT2D eigenvalue weighted by Crippen LogP contribution is -2.41. The normalized spacial score (nSPS) is 22.9. The van der Waals surface area contributed by atoms with Gasteiger partial charge >= 0.3 is 12.1 Å². The maximum absolute atomic E-state index is 12.8. The third-order valence-corrected chi connectivity index (χ3v) is 6.78. The van der Waals surface area contributed by atoms with Gasteiger partial charge in [0.15, 0.2) is 0 Å². The Labute approximate surface area is 135 Å². The van der Waals surface area contributed by atoms with Crippen LogP contribution >= 0.6 is 11.3 Å². The van der Waals surface area contributed by atoms with Crippen LogP contribution in [0.2, 0.25) is 0 Å². The van der Waals surface area contributed by atoms with Crippen LogP contribution in [0.1, 0.15) is 30.6 Å². The Morgan fingerprint density at radius 2 is 2.04 bits per heavy atom. The van der Waals surface area contributed by atoms with Gasteiger partial charge in [-0.25, -0.2) is 13.1 Å². The van der Waals surface area contributed by atoms with E-state index in [4.69, 9.17) is 5.11 Å². The van der Waals surface area contributed by atoms with Gasteiger partial charge in [-0.3, -0.25) is 4.79 Å². The van der Waals surface area contributed by atoms with E-state index in [1.54, 1.807) is 0 Å². The van der Waals surface area contributed by atoms with E-state index in [1.807, 2.05) is 0 Å². The molecule has 0 saturated heterocycles. The highest BCUT2D eigenvalue weighted by Gasteiger charge is 2.42. The van der Waals surface area contributed by atoms with Gasteiger partial charge in [0.05, 0.1) is 12.3 Å². The van der Waals surface area contributed by atoms with Gasteiger partial charge in [0.25, 0.3) is 0 Å². The first kappa shape index (κ1) is 18.2. The maximum atomic E-state index is 12.8. The Bertz CT molecular complexity index is 669. The Morgan fingerprint density at radius 1 is 1.35 bits per heavy atom. The molecular weight excluding hydrogens is 355 g/mol. The molecule has 1 aromatic rings. The SMILES string of the molecule is O=C(O)Cc1ccc(S(=O)(=O)NC2CCCC(C(F)(F)F)C2)s1. The largest absolute Gasteiger partial charge is 0.481 e. The summed E-state index contributed by atoms with van der Waals surface area (Å²) in [5, 5.41) is 8.68. The second-order valence-corrected chi connectivity index (χ2v) is 8.62. The summed E-state index contributed by atoms with van der Waals surface area (Å²) < 4.78 is 65.0. The third kappa shape index (κ3) is 4.92. The average molecular weight is 371 g/mol. The standard InChI is InChI=1S/C13H16F3NO4S2/c14-13(15,16)8-2-1-3-9(6-8)17-23(20,21)12-5-4-10(22-12)7-11(18)19/h4-5,8-9,17H,1-3,6-7H2,(H,18,19). The van der Waals surface area contributed by atoms with Crippen molar-refractivity contribution >= 4 is 27.3 Å². The average Bonchev–Trinajstić information content (AvgIpc) is 2.86. The van der Waals surface area contributed by atoms with E-state index in [0.717, 1.165) is 11.3 Å². The number of aliphatic carboxylic acids is 1. The van der Waals surface area contributed by atoms with Gasteiger partial charge in [0, 0.05) is 10.9 Å². The molecule has 0 aliphatic heterocycles. The van der Waals surface area contributed by atoms with Crippen molar-refractivity contribution < 1.29 is 31.5 Å². The van der Waals surface area contributed by atoms with E-state index in [0.29, 0.717) is 17.7 Å². The Hall–Kier alpha value is -1.13. The number of nitrogens with one attached hydrogen (secondary N) is 1.